The van der Waals surface area contributed by atoms with E-state index in [1.165, 1.54) is 70.9 Å². The summed E-state index contributed by atoms with van der Waals surface area (Å²) in [6.45, 7) is 7.33. The Hall–Kier alpha value is -0.0800. The van der Waals surface area contributed by atoms with Crippen LogP contribution in [0.3, 0.4) is 0 Å². The van der Waals surface area contributed by atoms with Crippen molar-refractivity contribution in [2.45, 2.75) is 83.7 Å². The molecule has 2 atom stereocenters. The topological polar surface area (TPSA) is 29.3 Å². The molecule has 1 saturated heterocycles. The fraction of sp³-hybridized carbons (Fsp3) is 1.00. The molecule has 18 heavy (non-hydrogen) atoms. The van der Waals surface area contributed by atoms with Crippen LogP contribution in [-0.4, -0.2) is 30.1 Å². The van der Waals surface area contributed by atoms with E-state index in [1.807, 2.05) is 0 Å². The quantitative estimate of drug-likeness (QED) is 0.832. The number of nitrogens with zero attached hydrogens (tertiary/aromatic N) is 1. The van der Waals surface area contributed by atoms with E-state index in [0.717, 1.165) is 0 Å². The predicted octanol–water partition coefficient (Wildman–Crippen LogP) is 3.55. The minimum absolute atomic E-state index is 0.426. The SMILES string of the molecule is CCC1(CC)CCN(C2CCCCCCC2N)C1. The van der Waals surface area contributed by atoms with Crippen LogP contribution >= 0.6 is 0 Å². The lowest BCUT2D eigenvalue weighted by atomic mass is 9.81. The predicted molar refractivity (Wildman–Crippen MR) is 78.7 cm³/mol. The van der Waals surface area contributed by atoms with Crippen molar-refractivity contribution >= 4 is 0 Å². The van der Waals surface area contributed by atoms with E-state index in [-0.39, 0.29) is 0 Å². The minimum atomic E-state index is 0.426. The molecule has 0 bridgehead atoms. The zero-order valence-corrected chi connectivity index (χ0v) is 12.5. The van der Waals surface area contributed by atoms with Gasteiger partial charge in [-0.1, -0.05) is 39.5 Å². The van der Waals surface area contributed by atoms with Crippen molar-refractivity contribution in [3.8, 4) is 0 Å². The molecule has 2 aliphatic rings. The summed E-state index contributed by atoms with van der Waals surface area (Å²) in [5.74, 6) is 0. The number of hydrogen-bond donors (Lipinski definition) is 1. The second kappa shape index (κ2) is 6.38. The van der Waals surface area contributed by atoms with Crippen LogP contribution in [0.2, 0.25) is 0 Å². The summed E-state index contributed by atoms with van der Waals surface area (Å²) < 4.78 is 0. The first-order chi connectivity index (χ1) is 8.71. The van der Waals surface area contributed by atoms with Crippen LogP contribution in [0, 0.1) is 5.41 Å². The molecule has 1 heterocycles. The normalized spacial score (nSPS) is 34.2. The van der Waals surface area contributed by atoms with Crippen molar-refractivity contribution in [3.05, 3.63) is 0 Å². The lowest BCUT2D eigenvalue weighted by Gasteiger charge is -2.36. The van der Waals surface area contributed by atoms with Gasteiger partial charge in [-0.15, -0.1) is 0 Å². The third-order valence-electron chi connectivity index (χ3n) is 5.72. The van der Waals surface area contributed by atoms with E-state index >= 15 is 0 Å². The molecular formula is C16H32N2. The van der Waals surface area contributed by atoms with Gasteiger partial charge in [-0.25, -0.2) is 0 Å². The average molecular weight is 252 g/mol. The second-order valence-corrected chi connectivity index (χ2v) is 6.65. The molecule has 0 aromatic carbocycles. The van der Waals surface area contributed by atoms with Crippen LogP contribution in [0.15, 0.2) is 0 Å². The van der Waals surface area contributed by atoms with Gasteiger partial charge >= 0.3 is 0 Å². The van der Waals surface area contributed by atoms with Crippen LogP contribution in [0.25, 0.3) is 0 Å². The van der Waals surface area contributed by atoms with Crippen LogP contribution in [-0.2, 0) is 0 Å². The fourth-order valence-corrected chi connectivity index (χ4v) is 4.03. The van der Waals surface area contributed by atoms with Crippen molar-refractivity contribution in [3.63, 3.8) is 0 Å². The smallest absolute Gasteiger partial charge is 0.0247 e. The van der Waals surface area contributed by atoms with Gasteiger partial charge in [-0.2, -0.15) is 0 Å². The van der Waals surface area contributed by atoms with Gasteiger partial charge in [-0.3, -0.25) is 4.90 Å². The Morgan fingerprint density at radius 1 is 1.06 bits per heavy atom. The van der Waals surface area contributed by atoms with Gasteiger partial charge in [0.2, 0.25) is 0 Å². The Labute approximate surface area is 113 Å². The zero-order valence-electron chi connectivity index (χ0n) is 12.5. The van der Waals surface area contributed by atoms with Crippen molar-refractivity contribution in [1.82, 2.24) is 4.90 Å². The van der Waals surface area contributed by atoms with Gasteiger partial charge < -0.3 is 5.73 Å². The van der Waals surface area contributed by atoms with Gasteiger partial charge in [0.05, 0.1) is 0 Å². The number of hydrogen-bond acceptors (Lipinski definition) is 2. The molecule has 106 valence electrons. The van der Waals surface area contributed by atoms with E-state index in [2.05, 4.69) is 18.7 Å². The summed E-state index contributed by atoms with van der Waals surface area (Å²) >= 11 is 0. The lowest BCUT2D eigenvalue weighted by Crippen LogP contribution is -2.48. The number of nitrogens with two attached hydrogens (primary N) is 1. The highest BCUT2D eigenvalue weighted by Gasteiger charge is 2.39. The molecule has 0 radical (unpaired) electrons. The van der Waals surface area contributed by atoms with E-state index in [9.17, 15) is 0 Å². The third kappa shape index (κ3) is 3.08. The van der Waals surface area contributed by atoms with Crippen LogP contribution < -0.4 is 5.73 Å². The molecule has 2 N–H and O–H groups in total. The Bertz CT molecular complexity index is 247. The summed E-state index contributed by atoms with van der Waals surface area (Å²) in [7, 11) is 0. The third-order valence-corrected chi connectivity index (χ3v) is 5.72. The van der Waals surface area contributed by atoms with Gasteiger partial charge in [0.1, 0.15) is 0 Å². The zero-order chi connectivity index (χ0) is 13.0. The first-order valence-corrected chi connectivity index (χ1v) is 8.20. The Kier molecular flexibility index (Phi) is 5.08. The van der Waals surface area contributed by atoms with Gasteiger partial charge in [0.25, 0.3) is 0 Å². The summed E-state index contributed by atoms with van der Waals surface area (Å²) in [6, 6.07) is 1.10. The van der Waals surface area contributed by atoms with Gasteiger partial charge in [0.15, 0.2) is 0 Å². The molecule has 0 spiro atoms. The highest BCUT2D eigenvalue weighted by molar-refractivity contribution is 4.94. The molecule has 1 aliphatic carbocycles. The minimum Gasteiger partial charge on any atom is -0.326 e. The van der Waals surface area contributed by atoms with Crippen LogP contribution in [0.5, 0.6) is 0 Å². The Balaban J connectivity index is 1.97. The molecule has 0 amide bonds. The largest absolute Gasteiger partial charge is 0.326 e. The second-order valence-electron chi connectivity index (χ2n) is 6.65. The molecule has 1 saturated carbocycles. The molecule has 1 aliphatic heterocycles. The maximum absolute atomic E-state index is 6.46. The van der Waals surface area contributed by atoms with Crippen molar-refractivity contribution < 1.29 is 0 Å². The van der Waals surface area contributed by atoms with Gasteiger partial charge in [0, 0.05) is 18.6 Å². The number of likely N-dealkylation sites (tertiary alicyclic amines) is 1. The fourth-order valence-electron chi connectivity index (χ4n) is 4.03. The molecule has 0 aromatic rings. The van der Waals surface area contributed by atoms with E-state index in [0.29, 0.717) is 17.5 Å². The summed E-state index contributed by atoms with van der Waals surface area (Å²) in [6.07, 6.45) is 12.2. The highest BCUT2D eigenvalue weighted by Crippen LogP contribution is 2.39. The van der Waals surface area contributed by atoms with E-state index in [4.69, 9.17) is 5.73 Å². The van der Waals surface area contributed by atoms with Crippen LogP contribution in [0.4, 0.5) is 0 Å². The summed E-state index contributed by atoms with van der Waals surface area (Å²) in [4.78, 5) is 2.74. The van der Waals surface area contributed by atoms with Crippen LogP contribution in [0.1, 0.15) is 71.6 Å². The molecular weight excluding hydrogens is 220 g/mol. The lowest BCUT2D eigenvalue weighted by molar-refractivity contribution is 0.153. The molecule has 2 heteroatoms. The maximum Gasteiger partial charge on any atom is 0.0247 e. The molecule has 0 aromatic heterocycles. The van der Waals surface area contributed by atoms with Crippen molar-refractivity contribution in [2.24, 2.45) is 11.1 Å². The molecule has 2 rings (SSSR count). The summed E-state index contributed by atoms with van der Waals surface area (Å²) in [5.41, 5.74) is 7.06. The number of rotatable bonds is 3. The van der Waals surface area contributed by atoms with E-state index < -0.39 is 0 Å². The standard InChI is InChI=1S/C16H32N2/c1-3-16(4-2)11-12-18(13-16)15-10-8-6-5-7-9-14(15)17/h14-15H,3-13,17H2,1-2H3. The average Bonchev–Trinajstić information content (AvgIpc) is 2.79. The molecule has 2 unspecified atom stereocenters. The first-order valence-electron chi connectivity index (χ1n) is 8.20. The van der Waals surface area contributed by atoms with Crippen molar-refractivity contribution in [1.29, 1.82) is 0 Å². The first kappa shape index (κ1) is 14.3. The maximum atomic E-state index is 6.46. The monoisotopic (exact) mass is 252 g/mol. The summed E-state index contributed by atoms with van der Waals surface area (Å²) in [5, 5.41) is 0. The van der Waals surface area contributed by atoms with E-state index in [1.54, 1.807) is 0 Å². The van der Waals surface area contributed by atoms with Crippen molar-refractivity contribution in [2.75, 3.05) is 13.1 Å². The van der Waals surface area contributed by atoms with Gasteiger partial charge in [-0.05, 0) is 44.1 Å². The highest BCUT2D eigenvalue weighted by atomic mass is 15.2. The molecule has 2 fully saturated rings. The Morgan fingerprint density at radius 3 is 2.33 bits per heavy atom. The molecule has 2 nitrogen and oxygen atoms in total. The Morgan fingerprint density at radius 2 is 1.72 bits per heavy atom.